The van der Waals surface area contributed by atoms with Gasteiger partial charge in [-0.2, -0.15) is 0 Å². The molecule has 3 aromatic rings. The number of aromatic nitrogens is 1. The van der Waals surface area contributed by atoms with Crippen molar-refractivity contribution in [1.29, 1.82) is 0 Å². The summed E-state index contributed by atoms with van der Waals surface area (Å²) in [6.07, 6.45) is 1.72. The van der Waals surface area contributed by atoms with Crippen LogP contribution in [0, 0.1) is 13.8 Å². The second-order valence-electron chi connectivity index (χ2n) is 6.06. The van der Waals surface area contributed by atoms with E-state index in [0.29, 0.717) is 5.56 Å². The van der Waals surface area contributed by atoms with Gasteiger partial charge in [-0.15, -0.1) is 0 Å². The molecule has 0 atom stereocenters. The van der Waals surface area contributed by atoms with Crippen LogP contribution in [-0.4, -0.2) is 23.1 Å². The lowest BCUT2D eigenvalue weighted by Crippen LogP contribution is -2.21. The number of aryl methyl sites for hydroxylation is 3. The van der Waals surface area contributed by atoms with Crippen LogP contribution in [0.2, 0.25) is 0 Å². The summed E-state index contributed by atoms with van der Waals surface area (Å²) in [7, 11) is 1.87. The SMILES string of the molecule is Cc1cccc(C)c1NC(=O)COC(=O)c1cn(C)c2ccccc12. The van der Waals surface area contributed by atoms with Gasteiger partial charge < -0.3 is 14.6 Å². The highest BCUT2D eigenvalue weighted by Gasteiger charge is 2.16. The molecule has 0 spiro atoms. The number of nitrogens with zero attached hydrogens (tertiary/aromatic N) is 1. The van der Waals surface area contributed by atoms with Crippen LogP contribution in [0.5, 0.6) is 0 Å². The molecule has 0 bridgehead atoms. The molecular formula is C20H20N2O3. The number of carbonyl (C=O) groups is 2. The molecule has 0 saturated carbocycles. The van der Waals surface area contributed by atoms with Gasteiger partial charge in [-0.1, -0.05) is 36.4 Å². The highest BCUT2D eigenvalue weighted by atomic mass is 16.5. The zero-order valence-corrected chi connectivity index (χ0v) is 14.5. The molecular weight excluding hydrogens is 316 g/mol. The van der Waals surface area contributed by atoms with Crippen molar-refractivity contribution in [2.24, 2.45) is 7.05 Å². The number of anilines is 1. The molecule has 0 aliphatic carbocycles. The Morgan fingerprint density at radius 3 is 2.44 bits per heavy atom. The van der Waals surface area contributed by atoms with Gasteiger partial charge in [0.05, 0.1) is 5.56 Å². The van der Waals surface area contributed by atoms with Crippen molar-refractivity contribution in [1.82, 2.24) is 4.57 Å². The molecule has 25 heavy (non-hydrogen) atoms. The van der Waals surface area contributed by atoms with Gasteiger partial charge >= 0.3 is 5.97 Å². The van der Waals surface area contributed by atoms with E-state index in [1.54, 1.807) is 6.20 Å². The number of hydrogen-bond acceptors (Lipinski definition) is 3. The van der Waals surface area contributed by atoms with Gasteiger partial charge in [0.1, 0.15) is 0 Å². The number of rotatable bonds is 4. The zero-order chi connectivity index (χ0) is 18.0. The number of amides is 1. The predicted octanol–water partition coefficient (Wildman–Crippen LogP) is 3.59. The molecule has 1 aromatic heterocycles. The topological polar surface area (TPSA) is 60.3 Å². The minimum Gasteiger partial charge on any atom is -0.452 e. The molecule has 5 nitrogen and oxygen atoms in total. The Labute approximate surface area is 146 Å². The van der Waals surface area contributed by atoms with E-state index >= 15 is 0 Å². The Morgan fingerprint density at radius 2 is 1.72 bits per heavy atom. The lowest BCUT2D eigenvalue weighted by atomic mass is 10.1. The average molecular weight is 336 g/mol. The zero-order valence-electron chi connectivity index (χ0n) is 14.5. The van der Waals surface area contributed by atoms with E-state index in [9.17, 15) is 9.59 Å². The van der Waals surface area contributed by atoms with Crippen LogP contribution in [0.1, 0.15) is 21.5 Å². The highest BCUT2D eigenvalue weighted by molar-refractivity contribution is 6.05. The lowest BCUT2D eigenvalue weighted by Gasteiger charge is -2.11. The first-order chi connectivity index (χ1) is 12.0. The monoisotopic (exact) mass is 336 g/mol. The fraction of sp³-hybridized carbons (Fsp3) is 0.200. The number of hydrogen-bond donors (Lipinski definition) is 1. The number of carbonyl (C=O) groups excluding carboxylic acids is 2. The summed E-state index contributed by atoms with van der Waals surface area (Å²) >= 11 is 0. The third-order valence-electron chi connectivity index (χ3n) is 4.20. The number of fused-ring (bicyclic) bond motifs is 1. The van der Waals surface area contributed by atoms with Gasteiger partial charge in [0.2, 0.25) is 0 Å². The van der Waals surface area contributed by atoms with Crippen LogP contribution in [0.4, 0.5) is 5.69 Å². The second-order valence-corrected chi connectivity index (χ2v) is 6.06. The minimum atomic E-state index is -0.506. The van der Waals surface area contributed by atoms with Crippen molar-refractivity contribution in [3.05, 3.63) is 65.4 Å². The predicted molar refractivity (Wildman–Crippen MR) is 97.7 cm³/mol. The summed E-state index contributed by atoms with van der Waals surface area (Å²) in [5.41, 5.74) is 4.09. The van der Waals surface area contributed by atoms with Gasteiger partial charge in [0, 0.05) is 29.8 Å². The van der Waals surface area contributed by atoms with Gasteiger partial charge in [-0.25, -0.2) is 4.79 Å². The van der Waals surface area contributed by atoms with Crippen molar-refractivity contribution in [3.63, 3.8) is 0 Å². The summed E-state index contributed by atoms with van der Waals surface area (Å²) in [6.45, 7) is 3.52. The maximum absolute atomic E-state index is 12.3. The smallest absolute Gasteiger partial charge is 0.340 e. The van der Waals surface area contributed by atoms with Crippen LogP contribution >= 0.6 is 0 Å². The fourth-order valence-electron chi connectivity index (χ4n) is 2.90. The van der Waals surface area contributed by atoms with Crippen molar-refractivity contribution in [2.75, 3.05) is 11.9 Å². The second kappa shape index (κ2) is 6.81. The maximum atomic E-state index is 12.3. The molecule has 0 fully saturated rings. The Hall–Kier alpha value is -3.08. The molecule has 3 rings (SSSR count). The molecule has 0 radical (unpaired) electrons. The van der Waals surface area contributed by atoms with Crippen molar-refractivity contribution in [2.45, 2.75) is 13.8 Å². The normalized spacial score (nSPS) is 10.7. The molecule has 128 valence electrons. The third kappa shape index (κ3) is 3.40. The van der Waals surface area contributed by atoms with Crippen LogP contribution in [-0.2, 0) is 16.6 Å². The van der Waals surface area contributed by atoms with E-state index in [1.807, 2.05) is 67.9 Å². The van der Waals surface area contributed by atoms with Crippen molar-refractivity contribution in [3.8, 4) is 0 Å². The van der Waals surface area contributed by atoms with Gasteiger partial charge in [-0.3, -0.25) is 4.79 Å². The standard InChI is InChI=1S/C20H20N2O3/c1-13-7-6-8-14(2)19(13)21-18(23)12-25-20(24)16-11-22(3)17-10-5-4-9-15(16)17/h4-11H,12H2,1-3H3,(H,21,23). The van der Waals surface area contributed by atoms with Crippen molar-refractivity contribution < 1.29 is 14.3 Å². The summed E-state index contributed by atoms with van der Waals surface area (Å²) < 4.78 is 7.06. The van der Waals surface area contributed by atoms with Gasteiger partial charge in [-0.05, 0) is 31.0 Å². The van der Waals surface area contributed by atoms with Crippen molar-refractivity contribution >= 4 is 28.5 Å². The van der Waals surface area contributed by atoms with E-state index in [1.165, 1.54) is 0 Å². The van der Waals surface area contributed by atoms with E-state index in [-0.39, 0.29) is 12.5 Å². The minimum absolute atomic E-state index is 0.324. The third-order valence-corrected chi connectivity index (χ3v) is 4.20. The quantitative estimate of drug-likeness (QED) is 0.741. The maximum Gasteiger partial charge on any atom is 0.340 e. The van der Waals surface area contributed by atoms with Crippen LogP contribution in [0.3, 0.4) is 0 Å². The fourth-order valence-corrected chi connectivity index (χ4v) is 2.90. The molecule has 0 aliphatic rings. The van der Waals surface area contributed by atoms with Gasteiger partial charge in [0.15, 0.2) is 6.61 Å². The average Bonchev–Trinajstić information content (AvgIpc) is 2.94. The molecule has 0 saturated heterocycles. The Kier molecular flexibility index (Phi) is 4.57. The van der Waals surface area contributed by atoms with E-state index in [4.69, 9.17) is 4.74 Å². The number of benzene rings is 2. The van der Waals surface area contributed by atoms with Crippen LogP contribution in [0.25, 0.3) is 10.9 Å². The lowest BCUT2D eigenvalue weighted by molar-refractivity contribution is -0.119. The first-order valence-corrected chi connectivity index (χ1v) is 8.04. The van der Waals surface area contributed by atoms with E-state index in [0.717, 1.165) is 27.7 Å². The number of nitrogens with one attached hydrogen (secondary N) is 1. The number of ether oxygens (including phenoxy) is 1. The highest BCUT2D eigenvalue weighted by Crippen LogP contribution is 2.21. The van der Waals surface area contributed by atoms with Crippen LogP contribution in [0.15, 0.2) is 48.7 Å². The summed E-state index contributed by atoms with van der Waals surface area (Å²) in [4.78, 5) is 24.5. The Balaban J connectivity index is 1.69. The first kappa shape index (κ1) is 16.8. The largest absolute Gasteiger partial charge is 0.452 e. The molecule has 5 heteroatoms. The number of esters is 1. The van der Waals surface area contributed by atoms with E-state index < -0.39 is 5.97 Å². The molecule has 0 aliphatic heterocycles. The molecule has 2 aromatic carbocycles. The summed E-state index contributed by atoms with van der Waals surface area (Å²) in [5, 5.41) is 3.62. The summed E-state index contributed by atoms with van der Waals surface area (Å²) in [5.74, 6) is -0.862. The van der Waals surface area contributed by atoms with Crippen LogP contribution < -0.4 is 5.32 Å². The number of para-hydroxylation sites is 2. The molecule has 1 N–H and O–H groups in total. The molecule has 1 heterocycles. The van der Waals surface area contributed by atoms with Gasteiger partial charge in [0.25, 0.3) is 5.91 Å². The van der Waals surface area contributed by atoms with E-state index in [2.05, 4.69) is 5.32 Å². The molecule has 1 amide bonds. The Bertz CT molecular complexity index is 936. The Morgan fingerprint density at radius 1 is 1.04 bits per heavy atom. The summed E-state index contributed by atoms with van der Waals surface area (Å²) in [6, 6.07) is 13.3. The first-order valence-electron chi connectivity index (χ1n) is 8.04. The molecule has 0 unspecified atom stereocenters.